The molecule has 0 spiro atoms. The molecule has 2 fully saturated rings. The van der Waals surface area contributed by atoms with E-state index in [-0.39, 0.29) is 42.5 Å². The first kappa shape index (κ1) is 20.6. The Morgan fingerprint density at radius 1 is 1.31 bits per heavy atom. The predicted octanol–water partition coefficient (Wildman–Crippen LogP) is 1.17. The predicted molar refractivity (Wildman–Crippen MR) is 97.2 cm³/mol. The van der Waals surface area contributed by atoms with Crippen LogP contribution in [0.3, 0.4) is 0 Å². The van der Waals surface area contributed by atoms with Crippen LogP contribution in [-0.4, -0.2) is 60.5 Å². The maximum atomic E-state index is 13.3. The summed E-state index contributed by atoms with van der Waals surface area (Å²) >= 11 is 0. The minimum absolute atomic E-state index is 0. The van der Waals surface area contributed by atoms with Crippen LogP contribution in [0.25, 0.3) is 0 Å². The number of hydrogen-bond acceptors (Lipinski definition) is 4. The van der Waals surface area contributed by atoms with Crippen molar-refractivity contribution in [3.8, 4) is 0 Å². The standard InChI is InChI=1S/C18H24FN3O3.ClH/c19-15-3-1-2-13(10-15)11-21-6-7-22(12-16(21)23)18(24)17(20)14-4-8-25-9-5-14;/h1-3,10,14,17H,4-9,11-12,20H2;1H. The Bertz CT molecular complexity index is 640. The lowest BCUT2D eigenvalue weighted by molar-refractivity contribution is -0.147. The lowest BCUT2D eigenvalue weighted by atomic mass is 9.91. The Balaban J connectivity index is 0.00000243. The highest BCUT2D eigenvalue weighted by Crippen LogP contribution is 2.20. The average molecular weight is 386 g/mol. The van der Waals surface area contributed by atoms with E-state index < -0.39 is 6.04 Å². The van der Waals surface area contributed by atoms with Gasteiger partial charge in [-0.1, -0.05) is 12.1 Å². The van der Waals surface area contributed by atoms with Gasteiger partial charge in [-0.05, 0) is 36.5 Å². The fourth-order valence-corrected chi connectivity index (χ4v) is 3.41. The van der Waals surface area contributed by atoms with Crippen molar-refractivity contribution in [2.75, 3.05) is 32.8 Å². The monoisotopic (exact) mass is 385 g/mol. The average Bonchev–Trinajstić information content (AvgIpc) is 2.63. The molecule has 1 aromatic carbocycles. The molecular weight excluding hydrogens is 361 g/mol. The van der Waals surface area contributed by atoms with Crippen LogP contribution < -0.4 is 5.73 Å². The molecule has 0 saturated carbocycles. The van der Waals surface area contributed by atoms with Gasteiger partial charge in [-0.3, -0.25) is 9.59 Å². The van der Waals surface area contributed by atoms with E-state index in [1.165, 1.54) is 12.1 Å². The largest absolute Gasteiger partial charge is 0.381 e. The van der Waals surface area contributed by atoms with E-state index in [2.05, 4.69) is 0 Å². The van der Waals surface area contributed by atoms with Crippen molar-refractivity contribution < 1.29 is 18.7 Å². The number of benzene rings is 1. The number of carbonyl (C=O) groups is 2. The van der Waals surface area contributed by atoms with Crippen molar-refractivity contribution in [2.45, 2.75) is 25.4 Å². The van der Waals surface area contributed by atoms with Crippen LogP contribution in [-0.2, 0) is 20.9 Å². The summed E-state index contributed by atoms with van der Waals surface area (Å²) in [5, 5.41) is 0. The minimum atomic E-state index is -0.577. The lowest BCUT2D eigenvalue weighted by Gasteiger charge is -2.37. The number of rotatable bonds is 4. The molecule has 2 N–H and O–H groups in total. The van der Waals surface area contributed by atoms with Gasteiger partial charge in [-0.2, -0.15) is 0 Å². The summed E-state index contributed by atoms with van der Waals surface area (Å²) < 4.78 is 18.6. The summed E-state index contributed by atoms with van der Waals surface area (Å²) in [6.07, 6.45) is 1.56. The SMILES string of the molecule is Cl.NC(C(=O)N1CCN(Cc2cccc(F)c2)C(=O)C1)C1CCOCC1. The van der Waals surface area contributed by atoms with E-state index in [1.54, 1.807) is 21.9 Å². The van der Waals surface area contributed by atoms with Crippen LogP contribution in [0.5, 0.6) is 0 Å². The van der Waals surface area contributed by atoms with Gasteiger partial charge in [0.15, 0.2) is 0 Å². The first-order valence-electron chi connectivity index (χ1n) is 8.69. The Kier molecular flexibility index (Phi) is 7.37. The molecule has 2 heterocycles. The molecule has 2 amide bonds. The van der Waals surface area contributed by atoms with Crippen LogP contribution in [0.4, 0.5) is 4.39 Å². The van der Waals surface area contributed by atoms with Crippen molar-refractivity contribution in [2.24, 2.45) is 11.7 Å². The van der Waals surface area contributed by atoms with E-state index in [4.69, 9.17) is 10.5 Å². The van der Waals surface area contributed by atoms with E-state index in [1.807, 2.05) is 0 Å². The summed E-state index contributed by atoms with van der Waals surface area (Å²) in [4.78, 5) is 28.2. The quantitative estimate of drug-likeness (QED) is 0.844. The number of piperazine rings is 1. The second kappa shape index (κ2) is 9.30. The number of hydrogen-bond donors (Lipinski definition) is 1. The van der Waals surface area contributed by atoms with Gasteiger partial charge in [0, 0.05) is 32.8 Å². The molecular formula is C18H25ClFN3O3. The van der Waals surface area contributed by atoms with Crippen molar-refractivity contribution in [3.63, 3.8) is 0 Å². The first-order chi connectivity index (χ1) is 12.0. The summed E-state index contributed by atoms with van der Waals surface area (Å²) in [6.45, 7) is 2.53. The Morgan fingerprint density at radius 3 is 2.69 bits per heavy atom. The van der Waals surface area contributed by atoms with Crippen LogP contribution in [0, 0.1) is 11.7 Å². The highest BCUT2D eigenvalue weighted by Gasteiger charge is 2.33. The zero-order chi connectivity index (χ0) is 17.8. The van der Waals surface area contributed by atoms with Gasteiger partial charge in [0.25, 0.3) is 0 Å². The number of halogens is 2. The van der Waals surface area contributed by atoms with Gasteiger partial charge in [0.1, 0.15) is 5.82 Å². The van der Waals surface area contributed by atoms with Crippen LogP contribution >= 0.6 is 12.4 Å². The van der Waals surface area contributed by atoms with E-state index in [0.717, 1.165) is 18.4 Å². The van der Waals surface area contributed by atoms with Gasteiger partial charge in [0.05, 0.1) is 12.6 Å². The van der Waals surface area contributed by atoms with Crippen molar-refractivity contribution in [1.29, 1.82) is 0 Å². The number of ether oxygens (including phenoxy) is 1. The molecule has 0 bridgehead atoms. The normalized spacial score (nSPS) is 19.8. The molecule has 2 aliphatic heterocycles. The van der Waals surface area contributed by atoms with Crippen molar-refractivity contribution in [1.82, 2.24) is 9.80 Å². The van der Waals surface area contributed by atoms with Gasteiger partial charge < -0.3 is 20.3 Å². The summed E-state index contributed by atoms with van der Waals surface area (Å²) in [5.41, 5.74) is 6.87. The zero-order valence-corrected chi connectivity index (χ0v) is 15.4. The molecule has 0 radical (unpaired) electrons. The Labute approximate surface area is 158 Å². The third-order valence-corrected chi connectivity index (χ3v) is 4.95. The van der Waals surface area contributed by atoms with Crippen LogP contribution in [0.15, 0.2) is 24.3 Å². The number of nitrogens with two attached hydrogens (primary N) is 1. The second-order valence-electron chi connectivity index (χ2n) is 6.68. The van der Waals surface area contributed by atoms with Gasteiger partial charge in [-0.15, -0.1) is 12.4 Å². The lowest BCUT2D eigenvalue weighted by Crippen LogP contribution is -2.57. The minimum Gasteiger partial charge on any atom is -0.381 e. The Hall–Kier alpha value is -1.70. The third-order valence-electron chi connectivity index (χ3n) is 4.95. The number of carbonyl (C=O) groups excluding carboxylic acids is 2. The van der Waals surface area contributed by atoms with Crippen molar-refractivity contribution in [3.05, 3.63) is 35.6 Å². The first-order valence-corrected chi connectivity index (χ1v) is 8.69. The van der Waals surface area contributed by atoms with E-state index in [0.29, 0.717) is 32.8 Å². The van der Waals surface area contributed by atoms with E-state index >= 15 is 0 Å². The molecule has 1 aromatic rings. The van der Waals surface area contributed by atoms with Gasteiger partial charge >= 0.3 is 0 Å². The molecule has 2 aliphatic rings. The third kappa shape index (κ3) is 4.93. The molecule has 3 rings (SSSR count). The fraction of sp³-hybridized carbons (Fsp3) is 0.556. The fourth-order valence-electron chi connectivity index (χ4n) is 3.41. The molecule has 6 nitrogen and oxygen atoms in total. The highest BCUT2D eigenvalue weighted by molar-refractivity contribution is 5.88. The molecule has 2 saturated heterocycles. The number of nitrogens with zero attached hydrogens (tertiary/aromatic N) is 2. The molecule has 0 aromatic heterocycles. The Morgan fingerprint density at radius 2 is 2.04 bits per heavy atom. The molecule has 8 heteroatoms. The molecule has 0 aliphatic carbocycles. The van der Waals surface area contributed by atoms with Crippen LogP contribution in [0.1, 0.15) is 18.4 Å². The topological polar surface area (TPSA) is 75.9 Å². The smallest absolute Gasteiger partial charge is 0.242 e. The molecule has 1 unspecified atom stereocenters. The van der Waals surface area contributed by atoms with Crippen molar-refractivity contribution >= 4 is 24.2 Å². The highest BCUT2D eigenvalue weighted by atomic mass is 35.5. The molecule has 144 valence electrons. The number of amides is 2. The van der Waals surface area contributed by atoms with E-state index in [9.17, 15) is 14.0 Å². The van der Waals surface area contributed by atoms with Crippen LogP contribution in [0.2, 0.25) is 0 Å². The zero-order valence-electron chi connectivity index (χ0n) is 14.6. The maximum absolute atomic E-state index is 13.3. The van der Waals surface area contributed by atoms with Gasteiger partial charge in [-0.25, -0.2) is 4.39 Å². The summed E-state index contributed by atoms with van der Waals surface area (Å²) in [5.74, 6) is -0.503. The second-order valence-corrected chi connectivity index (χ2v) is 6.68. The summed E-state index contributed by atoms with van der Waals surface area (Å²) in [6, 6.07) is 5.63. The molecule has 1 atom stereocenters. The maximum Gasteiger partial charge on any atom is 0.242 e. The summed E-state index contributed by atoms with van der Waals surface area (Å²) in [7, 11) is 0. The molecule has 26 heavy (non-hydrogen) atoms. The van der Waals surface area contributed by atoms with Gasteiger partial charge in [0.2, 0.25) is 11.8 Å².